The lowest BCUT2D eigenvalue weighted by atomic mass is 10.3. The van der Waals surface area contributed by atoms with Crippen LogP contribution in [0.3, 0.4) is 0 Å². The Bertz CT molecular complexity index is 1040. The molecule has 8 heteroatoms. The second-order valence-corrected chi connectivity index (χ2v) is 7.05. The van der Waals surface area contributed by atoms with Gasteiger partial charge in [0.15, 0.2) is 0 Å². The van der Waals surface area contributed by atoms with Crippen molar-refractivity contribution in [2.45, 2.75) is 4.90 Å². The van der Waals surface area contributed by atoms with Crippen LogP contribution in [0.4, 0.5) is 16.2 Å². The molecule has 0 aliphatic carbocycles. The average Bonchev–Trinajstić information content (AvgIpc) is 2.64. The van der Waals surface area contributed by atoms with Crippen molar-refractivity contribution in [3.63, 3.8) is 0 Å². The van der Waals surface area contributed by atoms with Crippen LogP contribution in [0.2, 0.25) is 0 Å². The molecule has 0 saturated heterocycles. The van der Waals surface area contributed by atoms with Crippen molar-refractivity contribution in [3.8, 4) is 11.5 Å². The first kappa shape index (κ1) is 18.3. The molecule has 3 aromatic rings. The molecule has 3 aromatic carbocycles. The first-order chi connectivity index (χ1) is 12.9. The number of hydrogen-bond acceptors (Lipinski definition) is 5. The van der Waals surface area contributed by atoms with Gasteiger partial charge in [0.2, 0.25) is 0 Å². The summed E-state index contributed by atoms with van der Waals surface area (Å²) < 4.78 is 29.4. The lowest BCUT2D eigenvalue weighted by Gasteiger charge is -2.10. The zero-order chi connectivity index (χ0) is 19.3. The van der Waals surface area contributed by atoms with Crippen molar-refractivity contribution < 1.29 is 22.5 Å². The molecular formula is C19H16N2O5S. The van der Waals surface area contributed by atoms with Gasteiger partial charge in [-0.3, -0.25) is 0 Å². The maximum Gasteiger partial charge on any atom is 0.339 e. The standard InChI is InChI=1S/C19H16N2O5S/c22-16-6-4-5-15(13-16)21-19(23)20-14-9-11-17(12-10-14)26-27(24,25)18-7-2-1-3-8-18/h1-13,22H,(H2,20,21,23). The van der Waals surface area contributed by atoms with Crippen molar-refractivity contribution in [1.29, 1.82) is 0 Å². The van der Waals surface area contributed by atoms with E-state index in [0.29, 0.717) is 11.4 Å². The fourth-order valence-electron chi connectivity index (χ4n) is 2.23. The number of aromatic hydroxyl groups is 1. The summed E-state index contributed by atoms with van der Waals surface area (Å²) in [5, 5.41) is 14.6. The Morgan fingerprint density at radius 1 is 0.815 bits per heavy atom. The minimum absolute atomic E-state index is 0.0360. The lowest BCUT2D eigenvalue weighted by Crippen LogP contribution is -2.19. The fraction of sp³-hybridized carbons (Fsp3) is 0. The molecule has 0 unspecified atom stereocenters. The molecule has 27 heavy (non-hydrogen) atoms. The van der Waals surface area contributed by atoms with Crippen LogP contribution in [0, 0.1) is 0 Å². The Labute approximate surface area is 156 Å². The third-order valence-corrected chi connectivity index (χ3v) is 4.72. The number of nitrogens with one attached hydrogen (secondary N) is 2. The fourth-order valence-corrected chi connectivity index (χ4v) is 3.18. The normalized spacial score (nSPS) is 10.8. The Morgan fingerprint density at radius 2 is 1.48 bits per heavy atom. The molecule has 0 aromatic heterocycles. The summed E-state index contributed by atoms with van der Waals surface area (Å²) in [6.07, 6.45) is 0. The van der Waals surface area contributed by atoms with E-state index in [0.717, 1.165) is 0 Å². The summed E-state index contributed by atoms with van der Waals surface area (Å²) in [7, 11) is -3.92. The number of anilines is 2. The molecule has 0 aliphatic rings. The van der Waals surface area contributed by atoms with E-state index in [4.69, 9.17) is 4.18 Å². The first-order valence-corrected chi connectivity index (χ1v) is 9.30. The van der Waals surface area contributed by atoms with Gasteiger partial charge in [-0.05, 0) is 48.5 Å². The number of phenolic OH excluding ortho intramolecular Hbond substituents is 1. The number of urea groups is 1. The van der Waals surface area contributed by atoms with E-state index < -0.39 is 16.1 Å². The Balaban J connectivity index is 1.62. The summed E-state index contributed by atoms with van der Waals surface area (Å²) in [6, 6.07) is 19.3. The molecule has 138 valence electrons. The highest BCUT2D eigenvalue weighted by Crippen LogP contribution is 2.21. The highest BCUT2D eigenvalue weighted by molar-refractivity contribution is 7.87. The van der Waals surface area contributed by atoms with Crippen molar-refractivity contribution in [2.75, 3.05) is 10.6 Å². The second-order valence-electron chi connectivity index (χ2n) is 5.50. The summed E-state index contributed by atoms with van der Waals surface area (Å²) in [6.45, 7) is 0. The molecule has 0 fully saturated rings. The van der Waals surface area contributed by atoms with Crippen LogP contribution < -0.4 is 14.8 Å². The molecule has 0 aliphatic heterocycles. The zero-order valence-corrected chi connectivity index (χ0v) is 14.8. The van der Waals surface area contributed by atoms with Gasteiger partial charge in [0.25, 0.3) is 0 Å². The van der Waals surface area contributed by atoms with Crippen LogP contribution in [-0.4, -0.2) is 19.6 Å². The van der Waals surface area contributed by atoms with Crippen LogP contribution in [0.25, 0.3) is 0 Å². The molecule has 0 heterocycles. The van der Waals surface area contributed by atoms with E-state index in [-0.39, 0.29) is 16.4 Å². The van der Waals surface area contributed by atoms with Crippen LogP contribution in [0.1, 0.15) is 0 Å². The summed E-state index contributed by atoms with van der Waals surface area (Å²) in [4.78, 5) is 12.0. The lowest BCUT2D eigenvalue weighted by molar-refractivity contribution is 0.262. The van der Waals surface area contributed by atoms with Gasteiger partial charge in [-0.1, -0.05) is 24.3 Å². The van der Waals surface area contributed by atoms with Crippen LogP contribution in [0.5, 0.6) is 11.5 Å². The Hall–Kier alpha value is -3.52. The number of benzene rings is 3. The smallest absolute Gasteiger partial charge is 0.339 e. The van der Waals surface area contributed by atoms with E-state index in [2.05, 4.69) is 10.6 Å². The first-order valence-electron chi connectivity index (χ1n) is 7.89. The van der Waals surface area contributed by atoms with Gasteiger partial charge < -0.3 is 19.9 Å². The van der Waals surface area contributed by atoms with Gasteiger partial charge in [-0.25, -0.2) is 4.79 Å². The number of carbonyl (C=O) groups excluding carboxylic acids is 1. The summed E-state index contributed by atoms with van der Waals surface area (Å²) in [5.41, 5.74) is 0.874. The maximum absolute atomic E-state index is 12.2. The largest absolute Gasteiger partial charge is 0.508 e. The predicted molar refractivity (Wildman–Crippen MR) is 101 cm³/mol. The summed E-state index contributed by atoms with van der Waals surface area (Å²) >= 11 is 0. The molecule has 7 nitrogen and oxygen atoms in total. The van der Waals surface area contributed by atoms with Gasteiger partial charge in [0.05, 0.1) is 0 Å². The molecule has 0 radical (unpaired) electrons. The van der Waals surface area contributed by atoms with E-state index >= 15 is 0 Å². The summed E-state index contributed by atoms with van der Waals surface area (Å²) in [5.74, 6) is 0.159. The van der Waals surface area contributed by atoms with E-state index in [1.807, 2.05) is 0 Å². The number of amides is 2. The number of carbonyl (C=O) groups is 1. The van der Waals surface area contributed by atoms with Crippen molar-refractivity contribution in [1.82, 2.24) is 0 Å². The van der Waals surface area contributed by atoms with Crippen LogP contribution >= 0.6 is 0 Å². The van der Waals surface area contributed by atoms with E-state index in [1.54, 1.807) is 30.3 Å². The topological polar surface area (TPSA) is 105 Å². The Kier molecular flexibility index (Phi) is 5.28. The van der Waals surface area contributed by atoms with Gasteiger partial charge in [0, 0.05) is 17.4 Å². The highest BCUT2D eigenvalue weighted by atomic mass is 32.2. The molecule has 3 rings (SSSR count). The van der Waals surface area contributed by atoms with Crippen LogP contribution in [-0.2, 0) is 10.1 Å². The molecule has 3 N–H and O–H groups in total. The SMILES string of the molecule is O=C(Nc1ccc(OS(=O)(=O)c2ccccc2)cc1)Nc1cccc(O)c1. The maximum atomic E-state index is 12.2. The second kappa shape index (κ2) is 7.79. The number of hydrogen-bond donors (Lipinski definition) is 3. The van der Waals surface area contributed by atoms with Gasteiger partial charge in [-0.2, -0.15) is 8.42 Å². The third kappa shape index (κ3) is 4.99. The predicted octanol–water partition coefficient (Wildman–Crippen LogP) is 3.80. The van der Waals surface area contributed by atoms with Crippen molar-refractivity contribution in [2.24, 2.45) is 0 Å². The van der Waals surface area contributed by atoms with E-state index in [9.17, 15) is 18.3 Å². The quantitative estimate of drug-likeness (QED) is 0.580. The third-order valence-electron chi connectivity index (χ3n) is 3.45. The average molecular weight is 384 g/mol. The molecule has 2 amide bonds. The Morgan fingerprint density at radius 3 is 2.15 bits per heavy atom. The monoisotopic (exact) mass is 384 g/mol. The molecule has 0 saturated carbocycles. The van der Waals surface area contributed by atoms with Gasteiger partial charge in [-0.15, -0.1) is 0 Å². The van der Waals surface area contributed by atoms with Crippen molar-refractivity contribution >= 4 is 27.5 Å². The van der Waals surface area contributed by atoms with Gasteiger partial charge >= 0.3 is 16.1 Å². The van der Waals surface area contributed by atoms with Crippen LogP contribution in [0.15, 0.2) is 83.8 Å². The number of rotatable bonds is 5. The number of phenols is 1. The minimum Gasteiger partial charge on any atom is -0.508 e. The molecular weight excluding hydrogens is 368 g/mol. The molecule has 0 bridgehead atoms. The van der Waals surface area contributed by atoms with Crippen molar-refractivity contribution in [3.05, 3.63) is 78.9 Å². The molecule has 0 spiro atoms. The highest BCUT2D eigenvalue weighted by Gasteiger charge is 2.15. The zero-order valence-electron chi connectivity index (χ0n) is 14.0. The minimum atomic E-state index is -3.92. The van der Waals surface area contributed by atoms with E-state index in [1.165, 1.54) is 48.5 Å². The van der Waals surface area contributed by atoms with Gasteiger partial charge in [0.1, 0.15) is 16.4 Å². The molecule has 0 atom stereocenters.